The molecule has 0 spiro atoms. The van der Waals surface area contributed by atoms with Crippen LogP contribution in [0.5, 0.6) is 28.7 Å². The third-order valence-corrected chi connectivity index (χ3v) is 8.85. The number of carbonyl (C=O) groups excluding carboxylic acids is 2. The molecule has 1 aliphatic rings. The van der Waals surface area contributed by atoms with Gasteiger partial charge in [0.2, 0.25) is 5.91 Å². The number of nitrogens with zero attached hydrogens (tertiary/aromatic N) is 1. The molecule has 3 aromatic rings. The van der Waals surface area contributed by atoms with Crippen molar-refractivity contribution < 1.29 is 47.9 Å². The van der Waals surface area contributed by atoms with Gasteiger partial charge in [-0.25, -0.2) is 9.59 Å². The molecule has 0 aromatic heterocycles. The highest BCUT2D eigenvalue weighted by atomic mass is 16.5. The molecule has 49 heavy (non-hydrogen) atoms. The van der Waals surface area contributed by atoms with Gasteiger partial charge in [0, 0.05) is 6.54 Å². The number of carboxylic acids is 1. The number of benzene rings is 3. The van der Waals surface area contributed by atoms with E-state index in [1.807, 2.05) is 50.2 Å². The maximum Gasteiger partial charge on any atom is 0.341 e. The molecule has 0 aliphatic carbocycles. The number of likely N-dealkylation sites (tertiary alicyclic amines) is 1. The molecule has 11 heteroatoms. The Bertz CT molecular complexity index is 1610. The number of amides is 1. The highest BCUT2D eigenvalue weighted by Crippen LogP contribution is 2.37. The smallest absolute Gasteiger partial charge is 0.341 e. The number of methoxy groups -OCH3 is 4. The summed E-state index contributed by atoms with van der Waals surface area (Å²) in [5.74, 6) is 0.486. The highest BCUT2D eigenvalue weighted by Gasteiger charge is 2.38. The SMILES string of the molecule is CC[C@H](C(=O)N1CCCC[C@H]1C(=O)O[C@H](CCc1ccc(OC)c(OC)c1)c1cccc(OCC(=O)O)c1)c1cc(C)c(OC)c(OC)c1. The van der Waals surface area contributed by atoms with Crippen LogP contribution in [0.4, 0.5) is 0 Å². The molecule has 1 heterocycles. The predicted octanol–water partition coefficient (Wildman–Crippen LogP) is 6.28. The molecule has 1 fully saturated rings. The van der Waals surface area contributed by atoms with Gasteiger partial charge in [-0.1, -0.05) is 31.2 Å². The number of carboxylic acid groups (broad SMARTS) is 1. The Morgan fingerprint density at radius 1 is 0.878 bits per heavy atom. The molecule has 1 saturated heterocycles. The zero-order chi connectivity index (χ0) is 35.5. The highest BCUT2D eigenvalue weighted by molar-refractivity contribution is 5.89. The topological polar surface area (TPSA) is 130 Å². The summed E-state index contributed by atoms with van der Waals surface area (Å²) in [5, 5.41) is 9.11. The number of piperidine rings is 1. The van der Waals surface area contributed by atoms with Crippen molar-refractivity contribution in [2.45, 2.75) is 70.4 Å². The van der Waals surface area contributed by atoms with Crippen LogP contribution in [0.25, 0.3) is 0 Å². The monoisotopic (exact) mass is 677 g/mol. The van der Waals surface area contributed by atoms with Gasteiger partial charge in [0.1, 0.15) is 17.9 Å². The van der Waals surface area contributed by atoms with Crippen molar-refractivity contribution >= 4 is 17.8 Å². The van der Waals surface area contributed by atoms with Gasteiger partial charge in [0.15, 0.2) is 29.6 Å². The minimum Gasteiger partial charge on any atom is -0.493 e. The fourth-order valence-corrected chi connectivity index (χ4v) is 6.37. The number of hydrogen-bond acceptors (Lipinski definition) is 9. The van der Waals surface area contributed by atoms with Crippen LogP contribution in [0, 0.1) is 6.92 Å². The minimum absolute atomic E-state index is 0.137. The maximum absolute atomic E-state index is 14.2. The van der Waals surface area contributed by atoms with Crippen LogP contribution in [0.1, 0.15) is 73.3 Å². The Morgan fingerprint density at radius 2 is 1.63 bits per heavy atom. The van der Waals surface area contributed by atoms with E-state index in [1.54, 1.807) is 51.5 Å². The first-order valence-electron chi connectivity index (χ1n) is 16.5. The van der Waals surface area contributed by atoms with Gasteiger partial charge in [0.25, 0.3) is 0 Å². The molecular weight excluding hydrogens is 630 g/mol. The third-order valence-electron chi connectivity index (χ3n) is 8.85. The Labute approximate surface area is 288 Å². The first-order valence-corrected chi connectivity index (χ1v) is 16.5. The molecule has 264 valence electrons. The van der Waals surface area contributed by atoms with Crippen LogP contribution < -0.4 is 23.7 Å². The summed E-state index contributed by atoms with van der Waals surface area (Å²) in [5.41, 5.74) is 3.25. The normalized spacial score (nSPS) is 15.5. The minimum atomic E-state index is -1.10. The van der Waals surface area contributed by atoms with Crippen molar-refractivity contribution in [3.8, 4) is 28.7 Å². The van der Waals surface area contributed by atoms with E-state index in [-0.39, 0.29) is 5.91 Å². The molecule has 1 amide bonds. The second-order valence-electron chi connectivity index (χ2n) is 12.0. The van der Waals surface area contributed by atoms with Crippen molar-refractivity contribution in [1.82, 2.24) is 4.90 Å². The summed E-state index contributed by atoms with van der Waals surface area (Å²) in [6.07, 6.45) is 2.81. The quantitative estimate of drug-likeness (QED) is 0.173. The fraction of sp³-hybridized carbons (Fsp3) is 0.447. The summed E-state index contributed by atoms with van der Waals surface area (Å²) in [7, 11) is 6.29. The zero-order valence-corrected chi connectivity index (χ0v) is 29.2. The summed E-state index contributed by atoms with van der Waals surface area (Å²) in [6.45, 7) is 3.80. The van der Waals surface area contributed by atoms with Crippen LogP contribution >= 0.6 is 0 Å². The van der Waals surface area contributed by atoms with Gasteiger partial charge < -0.3 is 38.4 Å². The van der Waals surface area contributed by atoms with Gasteiger partial charge in [-0.3, -0.25) is 4.79 Å². The maximum atomic E-state index is 14.2. The molecule has 0 radical (unpaired) electrons. The number of hydrogen-bond donors (Lipinski definition) is 1. The molecule has 3 aromatic carbocycles. The number of ether oxygens (including phenoxy) is 6. The average molecular weight is 678 g/mol. The molecule has 4 rings (SSSR count). The van der Waals surface area contributed by atoms with E-state index < -0.39 is 36.6 Å². The lowest BCUT2D eigenvalue weighted by Gasteiger charge is -2.37. The van der Waals surface area contributed by atoms with Crippen LogP contribution in [-0.2, 0) is 25.5 Å². The van der Waals surface area contributed by atoms with Crippen molar-refractivity contribution in [1.29, 1.82) is 0 Å². The lowest BCUT2D eigenvalue weighted by molar-refractivity contribution is -0.162. The van der Waals surface area contributed by atoms with Crippen LogP contribution in [0.2, 0.25) is 0 Å². The van der Waals surface area contributed by atoms with E-state index in [0.29, 0.717) is 66.5 Å². The van der Waals surface area contributed by atoms with E-state index in [2.05, 4.69) is 0 Å². The van der Waals surface area contributed by atoms with Gasteiger partial charge in [0.05, 0.1) is 34.4 Å². The predicted molar refractivity (Wildman–Crippen MR) is 183 cm³/mol. The number of esters is 1. The van der Waals surface area contributed by atoms with Gasteiger partial charge in [-0.2, -0.15) is 0 Å². The van der Waals surface area contributed by atoms with E-state index in [9.17, 15) is 14.4 Å². The average Bonchev–Trinajstić information content (AvgIpc) is 3.12. The third kappa shape index (κ3) is 9.16. The molecular formula is C38H47NO10. The molecule has 3 atom stereocenters. The van der Waals surface area contributed by atoms with E-state index in [1.165, 1.54) is 0 Å². The number of aliphatic carboxylic acids is 1. The molecule has 0 unspecified atom stereocenters. The van der Waals surface area contributed by atoms with E-state index >= 15 is 0 Å². The van der Waals surface area contributed by atoms with Crippen LogP contribution in [-0.4, -0.2) is 75.5 Å². The Balaban J connectivity index is 1.61. The van der Waals surface area contributed by atoms with Crippen LogP contribution in [0.3, 0.4) is 0 Å². The first kappa shape index (κ1) is 36.9. The molecule has 11 nitrogen and oxygen atoms in total. The van der Waals surface area contributed by atoms with Gasteiger partial charge >= 0.3 is 11.9 Å². The van der Waals surface area contributed by atoms with Gasteiger partial charge in [-0.15, -0.1) is 0 Å². The second-order valence-corrected chi connectivity index (χ2v) is 12.0. The first-order chi connectivity index (χ1) is 23.6. The Hall–Kier alpha value is -4.93. The molecule has 1 N–H and O–H groups in total. The molecule has 0 saturated carbocycles. The zero-order valence-electron chi connectivity index (χ0n) is 29.2. The summed E-state index contributed by atoms with van der Waals surface area (Å²) in [6, 6.07) is 15.5. The second kappa shape index (κ2) is 17.5. The Kier molecular flexibility index (Phi) is 13.1. The van der Waals surface area contributed by atoms with E-state index in [4.69, 9.17) is 33.5 Å². The Morgan fingerprint density at radius 3 is 2.31 bits per heavy atom. The van der Waals surface area contributed by atoms with Crippen molar-refractivity contribution in [3.63, 3.8) is 0 Å². The van der Waals surface area contributed by atoms with Crippen molar-refractivity contribution in [2.24, 2.45) is 0 Å². The fourth-order valence-electron chi connectivity index (χ4n) is 6.37. The summed E-state index contributed by atoms with van der Waals surface area (Å²) in [4.78, 5) is 41.1. The number of aryl methyl sites for hydroxylation is 2. The summed E-state index contributed by atoms with van der Waals surface area (Å²) < 4.78 is 33.6. The molecule has 0 bridgehead atoms. The van der Waals surface area contributed by atoms with Crippen molar-refractivity contribution in [2.75, 3.05) is 41.6 Å². The molecule has 1 aliphatic heterocycles. The standard InChI is InChI=1S/C38H47NO10/c1-7-29(27-19-24(2)36(47-6)34(22-27)46-5)37(42)39-18-9-8-13-30(39)38(43)49-31(26-11-10-12-28(21-26)48-23-35(40)41)16-14-25-15-17-32(44-3)33(20-25)45-4/h10-12,15,17,19-22,29-31H,7-9,13-14,16,18,23H2,1-6H3,(H,40,41)/t29-,30-,31+/m0/s1. The van der Waals surface area contributed by atoms with Crippen molar-refractivity contribution in [3.05, 3.63) is 76.9 Å². The van der Waals surface area contributed by atoms with E-state index in [0.717, 1.165) is 29.5 Å². The summed E-state index contributed by atoms with van der Waals surface area (Å²) >= 11 is 0. The van der Waals surface area contributed by atoms with Gasteiger partial charge in [-0.05, 0) is 98.0 Å². The number of carbonyl (C=O) groups is 3. The lowest BCUT2D eigenvalue weighted by Crippen LogP contribution is -2.50. The largest absolute Gasteiger partial charge is 0.493 e. The number of rotatable bonds is 16. The lowest BCUT2D eigenvalue weighted by atomic mass is 9.91. The van der Waals surface area contributed by atoms with Crippen LogP contribution in [0.15, 0.2) is 54.6 Å².